The molecule has 5 nitrogen and oxygen atoms in total. The maximum atomic E-state index is 5.45. The third-order valence-corrected chi connectivity index (χ3v) is 4.31. The molecule has 0 spiro atoms. The van der Waals surface area contributed by atoms with E-state index in [1.165, 1.54) is 0 Å². The molecule has 1 aliphatic rings. The van der Waals surface area contributed by atoms with E-state index in [0.717, 1.165) is 33.5 Å². The summed E-state index contributed by atoms with van der Waals surface area (Å²) in [5.74, 6) is 2.50. The Hall–Kier alpha value is -3.21. The summed E-state index contributed by atoms with van der Waals surface area (Å²) in [6.07, 6.45) is 0. The molecule has 0 atom stereocenters. The number of benzene rings is 3. The predicted molar refractivity (Wildman–Crippen MR) is 99.9 cm³/mol. The van der Waals surface area contributed by atoms with Gasteiger partial charge in [-0.05, 0) is 29.7 Å². The van der Waals surface area contributed by atoms with Crippen molar-refractivity contribution in [2.75, 3.05) is 26.6 Å². The van der Waals surface area contributed by atoms with E-state index in [-0.39, 0.29) is 0 Å². The molecule has 0 unspecified atom stereocenters. The smallest absolute Gasteiger partial charge is 0.203 e. The summed E-state index contributed by atoms with van der Waals surface area (Å²) in [6, 6.07) is 16.1. The van der Waals surface area contributed by atoms with E-state index in [4.69, 9.17) is 19.2 Å². The lowest BCUT2D eigenvalue weighted by atomic mass is 10.0. The van der Waals surface area contributed by atoms with Crippen LogP contribution in [0.25, 0.3) is 10.8 Å². The van der Waals surface area contributed by atoms with Crippen molar-refractivity contribution >= 4 is 28.0 Å². The molecule has 1 aliphatic heterocycles. The van der Waals surface area contributed by atoms with Gasteiger partial charge in [0.15, 0.2) is 11.5 Å². The topological polar surface area (TPSA) is 52.1 Å². The predicted octanol–water partition coefficient (Wildman–Crippen LogP) is 4.37. The Morgan fingerprint density at radius 2 is 1.52 bits per heavy atom. The van der Waals surface area contributed by atoms with Crippen molar-refractivity contribution in [3.8, 4) is 17.2 Å². The Morgan fingerprint density at radius 3 is 2.16 bits per heavy atom. The maximum absolute atomic E-state index is 5.45. The van der Waals surface area contributed by atoms with E-state index in [0.29, 0.717) is 17.2 Å². The normalized spacial score (nSPS) is 12.4. The molecule has 4 rings (SSSR count). The monoisotopic (exact) mass is 334 g/mol. The quantitative estimate of drug-likeness (QED) is 0.770. The van der Waals surface area contributed by atoms with Crippen LogP contribution in [0.1, 0.15) is 5.56 Å². The fraction of sp³-hybridized carbons (Fsp3) is 0.150. The molecule has 1 heterocycles. The third-order valence-electron chi connectivity index (χ3n) is 4.31. The minimum Gasteiger partial charge on any atom is -0.493 e. The van der Waals surface area contributed by atoms with Crippen molar-refractivity contribution in [2.45, 2.75) is 0 Å². The van der Waals surface area contributed by atoms with E-state index in [1.54, 1.807) is 21.3 Å². The Balaban J connectivity index is 1.89. The highest BCUT2D eigenvalue weighted by Crippen LogP contribution is 2.40. The largest absolute Gasteiger partial charge is 0.493 e. The molecule has 3 aromatic rings. The van der Waals surface area contributed by atoms with Crippen LogP contribution in [0.2, 0.25) is 0 Å². The molecule has 0 radical (unpaired) electrons. The average Bonchev–Trinajstić information content (AvgIpc) is 2.67. The molecule has 0 fully saturated rings. The van der Waals surface area contributed by atoms with Crippen LogP contribution in [0.3, 0.4) is 0 Å². The lowest BCUT2D eigenvalue weighted by molar-refractivity contribution is 0.324. The average molecular weight is 334 g/mol. The molecule has 0 saturated heterocycles. The van der Waals surface area contributed by atoms with E-state index < -0.39 is 0 Å². The van der Waals surface area contributed by atoms with Crippen molar-refractivity contribution in [1.82, 2.24) is 0 Å². The second-order valence-corrected chi connectivity index (χ2v) is 5.68. The van der Waals surface area contributed by atoms with Gasteiger partial charge in [-0.25, -0.2) is 4.99 Å². The van der Waals surface area contributed by atoms with Gasteiger partial charge < -0.3 is 19.5 Å². The van der Waals surface area contributed by atoms with Crippen molar-refractivity contribution in [1.29, 1.82) is 0 Å². The number of hydrogen-bond acceptors (Lipinski definition) is 5. The van der Waals surface area contributed by atoms with Gasteiger partial charge in [-0.15, -0.1) is 0 Å². The SMILES string of the molecule is COc1cc(C2=Nc3cccc4cccc(c34)N2)cc(OC)c1OC. The first-order valence-corrected chi connectivity index (χ1v) is 7.93. The summed E-state index contributed by atoms with van der Waals surface area (Å²) in [7, 11) is 4.80. The second kappa shape index (κ2) is 6.02. The van der Waals surface area contributed by atoms with Crippen LogP contribution in [-0.2, 0) is 0 Å². The van der Waals surface area contributed by atoms with Crippen LogP contribution < -0.4 is 19.5 Å². The van der Waals surface area contributed by atoms with Crippen molar-refractivity contribution in [3.05, 3.63) is 54.1 Å². The Kier molecular flexibility index (Phi) is 3.69. The number of nitrogens with zero attached hydrogens (tertiary/aromatic N) is 1. The summed E-state index contributed by atoms with van der Waals surface area (Å²) >= 11 is 0. The zero-order valence-electron chi connectivity index (χ0n) is 14.3. The highest BCUT2D eigenvalue weighted by atomic mass is 16.5. The highest BCUT2D eigenvalue weighted by Gasteiger charge is 2.19. The molecule has 126 valence electrons. The second-order valence-electron chi connectivity index (χ2n) is 5.68. The molecule has 25 heavy (non-hydrogen) atoms. The Bertz CT molecular complexity index is 965. The van der Waals surface area contributed by atoms with Gasteiger partial charge in [-0.3, -0.25) is 0 Å². The van der Waals surface area contributed by atoms with Crippen LogP contribution in [-0.4, -0.2) is 27.2 Å². The molecular weight excluding hydrogens is 316 g/mol. The van der Waals surface area contributed by atoms with Crippen LogP contribution in [0.15, 0.2) is 53.5 Å². The van der Waals surface area contributed by atoms with Crippen LogP contribution >= 0.6 is 0 Å². The van der Waals surface area contributed by atoms with E-state index in [1.807, 2.05) is 30.3 Å². The number of anilines is 1. The van der Waals surface area contributed by atoms with Crippen LogP contribution in [0.5, 0.6) is 17.2 Å². The first-order chi connectivity index (χ1) is 12.2. The van der Waals surface area contributed by atoms with Gasteiger partial charge in [0, 0.05) is 16.6 Å². The zero-order chi connectivity index (χ0) is 17.4. The summed E-state index contributed by atoms with van der Waals surface area (Å²) in [4.78, 5) is 4.79. The fourth-order valence-corrected chi connectivity index (χ4v) is 3.15. The molecule has 0 aromatic heterocycles. The first-order valence-electron chi connectivity index (χ1n) is 7.93. The number of methoxy groups -OCH3 is 3. The Labute approximate surface area is 145 Å². The number of amidine groups is 1. The van der Waals surface area contributed by atoms with Gasteiger partial charge in [0.25, 0.3) is 0 Å². The standard InChI is InChI=1S/C20H18N2O3/c1-23-16-10-13(11-17(24-2)19(16)25-3)20-21-14-8-4-6-12-7-5-9-15(22-20)18(12)14/h4-11H,1-3H3,(H,21,22). The minimum absolute atomic E-state index is 0.563. The molecule has 0 amide bonds. The zero-order valence-corrected chi connectivity index (χ0v) is 14.3. The first kappa shape index (κ1) is 15.3. The molecule has 5 heteroatoms. The van der Waals surface area contributed by atoms with Crippen molar-refractivity contribution in [3.63, 3.8) is 0 Å². The number of hydrogen-bond donors (Lipinski definition) is 1. The molecule has 1 N–H and O–H groups in total. The highest BCUT2D eigenvalue weighted by molar-refractivity contribution is 6.19. The lowest BCUT2D eigenvalue weighted by Crippen LogP contribution is -2.16. The van der Waals surface area contributed by atoms with E-state index in [9.17, 15) is 0 Å². The number of aliphatic imine (C=N–C) groups is 1. The number of nitrogens with one attached hydrogen (secondary N) is 1. The van der Waals surface area contributed by atoms with Gasteiger partial charge in [0.2, 0.25) is 5.75 Å². The minimum atomic E-state index is 0.563. The fourth-order valence-electron chi connectivity index (χ4n) is 3.15. The van der Waals surface area contributed by atoms with Gasteiger partial charge in [-0.1, -0.05) is 24.3 Å². The van der Waals surface area contributed by atoms with E-state index >= 15 is 0 Å². The van der Waals surface area contributed by atoms with Gasteiger partial charge in [0.1, 0.15) is 5.84 Å². The number of ether oxygens (including phenoxy) is 3. The molecular formula is C20H18N2O3. The van der Waals surface area contributed by atoms with Crippen LogP contribution in [0, 0.1) is 0 Å². The summed E-state index contributed by atoms with van der Waals surface area (Å²) in [5, 5.41) is 5.70. The van der Waals surface area contributed by atoms with Crippen molar-refractivity contribution in [2.24, 2.45) is 4.99 Å². The lowest BCUT2D eigenvalue weighted by Gasteiger charge is -2.20. The summed E-state index contributed by atoms with van der Waals surface area (Å²) in [5.41, 5.74) is 2.84. The van der Waals surface area contributed by atoms with E-state index in [2.05, 4.69) is 23.5 Å². The molecule has 0 saturated carbocycles. The summed E-state index contributed by atoms with van der Waals surface area (Å²) in [6.45, 7) is 0. The van der Waals surface area contributed by atoms with Gasteiger partial charge >= 0.3 is 0 Å². The Morgan fingerprint density at radius 1 is 0.840 bits per heavy atom. The van der Waals surface area contributed by atoms with Gasteiger partial charge in [0.05, 0.1) is 27.0 Å². The maximum Gasteiger partial charge on any atom is 0.203 e. The van der Waals surface area contributed by atoms with Crippen LogP contribution in [0.4, 0.5) is 11.4 Å². The summed E-state index contributed by atoms with van der Waals surface area (Å²) < 4.78 is 16.3. The third kappa shape index (κ3) is 2.45. The molecule has 3 aromatic carbocycles. The van der Waals surface area contributed by atoms with Gasteiger partial charge in [-0.2, -0.15) is 0 Å². The molecule has 0 aliphatic carbocycles. The molecule has 0 bridgehead atoms. The van der Waals surface area contributed by atoms with Crippen molar-refractivity contribution < 1.29 is 14.2 Å². The number of rotatable bonds is 4.